The summed E-state index contributed by atoms with van der Waals surface area (Å²) >= 11 is 11.0. The summed E-state index contributed by atoms with van der Waals surface area (Å²) in [7, 11) is 0. The summed E-state index contributed by atoms with van der Waals surface area (Å²) in [6, 6.07) is 5.71. The molecule has 4 heteroatoms. The third-order valence-electron chi connectivity index (χ3n) is 3.08. The molecule has 2 rings (SSSR count). The van der Waals surface area contributed by atoms with E-state index >= 15 is 0 Å². The quantitative estimate of drug-likeness (QED) is 0.812. The molecule has 2 nitrogen and oxygen atoms in total. The highest BCUT2D eigenvalue weighted by Crippen LogP contribution is 2.37. The number of nitrogens with two attached hydrogens (primary N) is 1. The smallest absolute Gasteiger partial charge is 0.105 e. The van der Waals surface area contributed by atoms with Crippen molar-refractivity contribution in [3.05, 3.63) is 28.8 Å². The molecule has 0 aliphatic heterocycles. The Bertz CT molecular complexity index is 419. The van der Waals surface area contributed by atoms with Crippen molar-refractivity contribution in [2.24, 2.45) is 17.6 Å². The van der Waals surface area contributed by atoms with Crippen molar-refractivity contribution in [2.45, 2.75) is 13.3 Å². The van der Waals surface area contributed by atoms with E-state index in [0.717, 1.165) is 29.6 Å². The van der Waals surface area contributed by atoms with Gasteiger partial charge < -0.3 is 11.1 Å². The molecule has 0 bridgehead atoms. The average molecular weight is 255 g/mol. The first kappa shape index (κ1) is 11.7. The maximum Gasteiger partial charge on any atom is 0.105 e. The van der Waals surface area contributed by atoms with E-state index in [0.29, 0.717) is 10.0 Å². The van der Waals surface area contributed by atoms with Gasteiger partial charge in [0.15, 0.2) is 0 Å². The molecule has 0 radical (unpaired) electrons. The zero-order chi connectivity index (χ0) is 11.7. The lowest BCUT2D eigenvalue weighted by Crippen LogP contribution is -2.10. The standard InChI is InChI=1S/C12H15ClN2S/c1-7-4-8(7)6-15-9-2-3-10(12(14)16)11(13)5-9/h2-3,5,7-8,15H,4,6H2,1H3,(H2,14,16). The predicted molar refractivity (Wildman–Crippen MR) is 73.1 cm³/mol. The van der Waals surface area contributed by atoms with Crippen molar-refractivity contribution in [3.8, 4) is 0 Å². The summed E-state index contributed by atoms with van der Waals surface area (Å²) in [6.07, 6.45) is 1.33. The summed E-state index contributed by atoms with van der Waals surface area (Å²) in [5, 5.41) is 3.99. The first-order valence-electron chi connectivity index (χ1n) is 5.41. The van der Waals surface area contributed by atoms with E-state index in [4.69, 9.17) is 29.6 Å². The third kappa shape index (κ3) is 2.66. The van der Waals surface area contributed by atoms with Crippen LogP contribution >= 0.6 is 23.8 Å². The minimum Gasteiger partial charge on any atom is -0.389 e. The lowest BCUT2D eigenvalue weighted by Gasteiger charge is -2.08. The van der Waals surface area contributed by atoms with Crippen LogP contribution < -0.4 is 11.1 Å². The second-order valence-electron chi connectivity index (χ2n) is 4.41. The molecular weight excluding hydrogens is 240 g/mol. The van der Waals surface area contributed by atoms with Gasteiger partial charge in [-0.25, -0.2) is 0 Å². The Kier molecular flexibility index (Phi) is 3.36. The van der Waals surface area contributed by atoms with Crippen molar-refractivity contribution in [1.29, 1.82) is 0 Å². The summed E-state index contributed by atoms with van der Waals surface area (Å²) in [6.45, 7) is 3.29. The van der Waals surface area contributed by atoms with E-state index in [1.54, 1.807) is 0 Å². The van der Waals surface area contributed by atoms with Gasteiger partial charge in [-0.3, -0.25) is 0 Å². The summed E-state index contributed by atoms with van der Waals surface area (Å²) in [5.74, 6) is 1.67. The summed E-state index contributed by atoms with van der Waals surface area (Å²) in [5.41, 5.74) is 7.31. The van der Waals surface area contributed by atoms with Crippen molar-refractivity contribution >= 4 is 34.5 Å². The van der Waals surface area contributed by atoms with Crippen molar-refractivity contribution in [2.75, 3.05) is 11.9 Å². The fraction of sp³-hybridized carbons (Fsp3) is 0.417. The first-order chi connectivity index (χ1) is 7.58. The van der Waals surface area contributed by atoms with Gasteiger partial charge in [-0.1, -0.05) is 30.7 Å². The van der Waals surface area contributed by atoms with Crippen LogP contribution in [0.1, 0.15) is 18.9 Å². The Morgan fingerprint density at radius 1 is 1.62 bits per heavy atom. The van der Waals surface area contributed by atoms with Crippen LogP contribution in [0.4, 0.5) is 5.69 Å². The highest BCUT2D eigenvalue weighted by atomic mass is 35.5. The fourth-order valence-corrected chi connectivity index (χ4v) is 2.27. The van der Waals surface area contributed by atoms with Crippen LogP contribution in [-0.2, 0) is 0 Å². The number of hydrogen-bond acceptors (Lipinski definition) is 2. The summed E-state index contributed by atoms with van der Waals surface area (Å²) < 4.78 is 0. The van der Waals surface area contributed by atoms with Crippen LogP contribution in [-0.4, -0.2) is 11.5 Å². The first-order valence-corrected chi connectivity index (χ1v) is 6.20. The van der Waals surface area contributed by atoms with Gasteiger partial charge >= 0.3 is 0 Å². The van der Waals surface area contributed by atoms with Crippen molar-refractivity contribution < 1.29 is 0 Å². The van der Waals surface area contributed by atoms with Gasteiger partial charge in [0.1, 0.15) is 4.99 Å². The molecule has 1 aliphatic rings. The second-order valence-corrected chi connectivity index (χ2v) is 5.26. The minimum atomic E-state index is 0.340. The Hall–Kier alpha value is -0.800. The number of anilines is 1. The van der Waals surface area contributed by atoms with Crippen molar-refractivity contribution in [3.63, 3.8) is 0 Å². The van der Waals surface area contributed by atoms with E-state index < -0.39 is 0 Å². The van der Waals surface area contributed by atoms with Gasteiger partial charge in [-0.2, -0.15) is 0 Å². The molecule has 0 amide bonds. The molecule has 3 N–H and O–H groups in total. The zero-order valence-corrected chi connectivity index (χ0v) is 10.7. The Labute approximate surface area is 106 Å². The molecule has 1 aliphatic carbocycles. The Morgan fingerprint density at radius 3 is 2.81 bits per heavy atom. The van der Waals surface area contributed by atoms with E-state index in [1.807, 2.05) is 18.2 Å². The molecule has 2 unspecified atom stereocenters. The maximum atomic E-state index is 6.08. The van der Waals surface area contributed by atoms with E-state index in [-0.39, 0.29) is 0 Å². The van der Waals surface area contributed by atoms with Crippen LogP contribution in [0.2, 0.25) is 5.02 Å². The molecule has 1 saturated carbocycles. The molecular formula is C12H15ClN2S. The average Bonchev–Trinajstić information content (AvgIpc) is 2.91. The van der Waals surface area contributed by atoms with E-state index in [9.17, 15) is 0 Å². The SMILES string of the molecule is CC1CC1CNc1ccc(C(N)=S)c(Cl)c1. The topological polar surface area (TPSA) is 38.0 Å². The van der Waals surface area contributed by atoms with Gasteiger partial charge in [-0.15, -0.1) is 0 Å². The van der Waals surface area contributed by atoms with Gasteiger partial charge in [0, 0.05) is 17.8 Å². The van der Waals surface area contributed by atoms with Crippen LogP contribution in [0.3, 0.4) is 0 Å². The van der Waals surface area contributed by atoms with Crippen LogP contribution in [0.15, 0.2) is 18.2 Å². The van der Waals surface area contributed by atoms with Gasteiger partial charge in [-0.05, 0) is 36.5 Å². The zero-order valence-electron chi connectivity index (χ0n) is 9.16. The van der Waals surface area contributed by atoms with Crippen molar-refractivity contribution in [1.82, 2.24) is 0 Å². The molecule has 1 aromatic carbocycles. The number of hydrogen-bond donors (Lipinski definition) is 2. The molecule has 2 atom stereocenters. The monoisotopic (exact) mass is 254 g/mol. The molecule has 0 saturated heterocycles. The number of thiocarbonyl (C=S) groups is 1. The normalized spacial score (nSPS) is 22.9. The molecule has 0 aromatic heterocycles. The lowest BCUT2D eigenvalue weighted by molar-refractivity contribution is 0.787. The minimum absolute atomic E-state index is 0.340. The third-order valence-corrected chi connectivity index (χ3v) is 3.61. The van der Waals surface area contributed by atoms with Gasteiger partial charge in [0.05, 0.1) is 5.02 Å². The highest BCUT2D eigenvalue weighted by molar-refractivity contribution is 7.80. The number of rotatable bonds is 4. The van der Waals surface area contributed by atoms with E-state index in [2.05, 4.69) is 12.2 Å². The van der Waals surface area contributed by atoms with Crippen LogP contribution in [0, 0.1) is 11.8 Å². The molecule has 1 aromatic rings. The number of benzene rings is 1. The largest absolute Gasteiger partial charge is 0.389 e. The Morgan fingerprint density at radius 2 is 2.31 bits per heavy atom. The molecule has 1 fully saturated rings. The second kappa shape index (κ2) is 4.60. The van der Waals surface area contributed by atoms with Crippen LogP contribution in [0.25, 0.3) is 0 Å². The van der Waals surface area contributed by atoms with E-state index in [1.165, 1.54) is 6.42 Å². The maximum absolute atomic E-state index is 6.08. The van der Waals surface area contributed by atoms with Crippen LogP contribution in [0.5, 0.6) is 0 Å². The number of nitrogens with one attached hydrogen (secondary N) is 1. The van der Waals surface area contributed by atoms with Gasteiger partial charge in [0.25, 0.3) is 0 Å². The fourth-order valence-electron chi connectivity index (χ4n) is 1.76. The summed E-state index contributed by atoms with van der Waals surface area (Å²) in [4.78, 5) is 0.340. The molecule has 0 heterocycles. The highest BCUT2D eigenvalue weighted by Gasteiger charge is 2.31. The number of halogens is 1. The molecule has 0 spiro atoms. The Balaban J connectivity index is 2.00. The predicted octanol–water partition coefficient (Wildman–Crippen LogP) is 3.04. The molecule has 86 valence electrons. The lowest BCUT2D eigenvalue weighted by atomic mass is 10.2. The molecule has 16 heavy (non-hydrogen) atoms. The van der Waals surface area contributed by atoms with Gasteiger partial charge in [0.2, 0.25) is 0 Å².